The highest BCUT2D eigenvalue weighted by atomic mass is 16.5. The van der Waals surface area contributed by atoms with Gasteiger partial charge >= 0.3 is 5.97 Å². The summed E-state index contributed by atoms with van der Waals surface area (Å²) in [6.07, 6.45) is 0. The Bertz CT molecular complexity index is 649. The molecular weight excluding hydrogens is 262 g/mol. The summed E-state index contributed by atoms with van der Waals surface area (Å²) < 4.78 is 4.97. The molecule has 1 unspecified atom stereocenters. The van der Waals surface area contributed by atoms with Crippen LogP contribution in [0.2, 0.25) is 0 Å². The topological polar surface area (TPSA) is 38.3 Å². The van der Waals surface area contributed by atoms with Crippen LogP contribution in [0.4, 0.5) is 5.69 Å². The fraction of sp³-hybridized carbons (Fsp3) is 0.278. The number of aryl methyl sites for hydroxylation is 2. The Kier molecular flexibility index (Phi) is 4.63. The van der Waals surface area contributed by atoms with Gasteiger partial charge in [0.05, 0.1) is 7.11 Å². The van der Waals surface area contributed by atoms with E-state index in [2.05, 4.69) is 5.32 Å². The first-order valence-corrected chi connectivity index (χ1v) is 7.00. The molecule has 2 aromatic carbocycles. The van der Waals surface area contributed by atoms with Crippen LogP contribution in [0.1, 0.15) is 28.3 Å². The van der Waals surface area contributed by atoms with Crippen LogP contribution >= 0.6 is 0 Å². The first-order valence-electron chi connectivity index (χ1n) is 7.00. The predicted octanol–water partition coefficient (Wildman–Crippen LogP) is 3.94. The van der Waals surface area contributed by atoms with Crippen LogP contribution < -0.4 is 5.32 Å². The highest BCUT2D eigenvalue weighted by Crippen LogP contribution is 2.26. The van der Waals surface area contributed by atoms with Gasteiger partial charge < -0.3 is 10.1 Å². The lowest BCUT2D eigenvalue weighted by molar-refractivity contribution is -0.141. The molecule has 0 saturated carbocycles. The summed E-state index contributed by atoms with van der Waals surface area (Å²) in [5, 5.41) is 3.31. The highest BCUT2D eigenvalue weighted by molar-refractivity contribution is 5.82. The number of nitrogens with one attached hydrogen (secondary N) is 1. The highest BCUT2D eigenvalue weighted by Gasteiger charge is 2.23. The quantitative estimate of drug-likeness (QED) is 0.864. The van der Waals surface area contributed by atoms with Gasteiger partial charge in [-0.15, -0.1) is 0 Å². The molecule has 110 valence electrons. The molecule has 3 heteroatoms. The Labute approximate surface area is 126 Å². The second kappa shape index (κ2) is 6.44. The summed E-state index contributed by atoms with van der Waals surface area (Å²) in [4.78, 5) is 12.2. The molecule has 21 heavy (non-hydrogen) atoms. The largest absolute Gasteiger partial charge is 0.467 e. The first kappa shape index (κ1) is 15.1. The molecule has 0 heterocycles. The van der Waals surface area contributed by atoms with Crippen molar-refractivity contribution in [2.45, 2.75) is 26.8 Å². The van der Waals surface area contributed by atoms with E-state index in [9.17, 15) is 4.79 Å². The lowest BCUT2D eigenvalue weighted by atomic mass is 9.97. The zero-order chi connectivity index (χ0) is 15.4. The van der Waals surface area contributed by atoms with Crippen LogP contribution in [0.15, 0.2) is 42.5 Å². The number of hydrogen-bond acceptors (Lipinski definition) is 3. The minimum Gasteiger partial charge on any atom is -0.467 e. The van der Waals surface area contributed by atoms with Crippen molar-refractivity contribution >= 4 is 11.7 Å². The van der Waals surface area contributed by atoms with Gasteiger partial charge in [-0.05, 0) is 49.1 Å². The lowest BCUT2D eigenvalue weighted by Gasteiger charge is -2.21. The number of hydrogen-bond donors (Lipinski definition) is 1. The van der Waals surface area contributed by atoms with E-state index in [-0.39, 0.29) is 5.97 Å². The van der Waals surface area contributed by atoms with E-state index in [0.29, 0.717) is 0 Å². The van der Waals surface area contributed by atoms with Gasteiger partial charge in [-0.2, -0.15) is 0 Å². The Morgan fingerprint density at radius 1 is 1.00 bits per heavy atom. The van der Waals surface area contributed by atoms with Gasteiger partial charge in [-0.25, -0.2) is 4.79 Å². The number of para-hydroxylation sites is 1. The molecule has 0 bridgehead atoms. The minimum atomic E-state index is -0.504. The number of carbonyl (C=O) groups is 1. The summed E-state index contributed by atoms with van der Waals surface area (Å²) in [5.74, 6) is -0.285. The average Bonchev–Trinajstić information content (AvgIpc) is 2.49. The fourth-order valence-corrected chi connectivity index (χ4v) is 2.36. The average molecular weight is 283 g/mol. The van der Waals surface area contributed by atoms with E-state index in [1.54, 1.807) is 0 Å². The van der Waals surface area contributed by atoms with E-state index in [4.69, 9.17) is 4.74 Å². The van der Waals surface area contributed by atoms with Crippen molar-refractivity contribution < 1.29 is 9.53 Å². The number of anilines is 1. The third kappa shape index (κ3) is 3.24. The van der Waals surface area contributed by atoms with Crippen LogP contribution in [0, 0.1) is 20.8 Å². The monoisotopic (exact) mass is 283 g/mol. The molecule has 0 radical (unpaired) electrons. The van der Waals surface area contributed by atoms with Gasteiger partial charge in [0.15, 0.2) is 6.04 Å². The SMILES string of the molecule is COC(=O)C(Nc1ccccc1C)c1cccc(C)c1C. The van der Waals surface area contributed by atoms with Crippen LogP contribution in [0.3, 0.4) is 0 Å². The molecule has 1 N–H and O–H groups in total. The van der Waals surface area contributed by atoms with Crippen molar-refractivity contribution in [1.82, 2.24) is 0 Å². The Morgan fingerprint density at radius 2 is 1.67 bits per heavy atom. The van der Waals surface area contributed by atoms with Crippen molar-refractivity contribution in [2.75, 3.05) is 12.4 Å². The second-order valence-electron chi connectivity index (χ2n) is 5.20. The molecule has 0 fully saturated rings. The number of rotatable bonds is 4. The second-order valence-corrected chi connectivity index (χ2v) is 5.20. The molecule has 0 aromatic heterocycles. The normalized spacial score (nSPS) is 11.8. The van der Waals surface area contributed by atoms with Crippen molar-refractivity contribution in [3.05, 3.63) is 64.7 Å². The molecule has 0 amide bonds. The molecule has 0 spiro atoms. The van der Waals surface area contributed by atoms with E-state index in [0.717, 1.165) is 27.9 Å². The summed E-state index contributed by atoms with van der Waals surface area (Å²) in [5.41, 5.74) is 5.25. The van der Waals surface area contributed by atoms with E-state index in [1.165, 1.54) is 7.11 Å². The van der Waals surface area contributed by atoms with Crippen molar-refractivity contribution in [2.24, 2.45) is 0 Å². The first-order chi connectivity index (χ1) is 10.0. The number of ether oxygens (including phenoxy) is 1. The standard InChI is InChI=1S/C18H21NO2/c1-12-9-7-10-15(14(12)3)17(18(20)21-4)19-16-11-6-5-8-13(16)2/h5-11,17,19H,1-4H3. The Hall–Kier alpha value is -2.29. The molecule has 0 aliphatic heterocycles. The maximum Gasteiger partial charge on any atom is 0.332 e. The zero-order valence-corrected chi connectivity index (χ0v) is 12.9. The lowest BCUT2D eigenvalue weighted by Crippen LogP contribution is -2.23. The van der Waals surface area contributed by atoms with Gasteiger partial charge in [0.1, 0.15) is 0 Å². The molecular formula is C18H21NO2. The van der Waals surface area contributed by atoms with E-state index >= 15 is 0 Å². The number of benzene rings is 2. The predicted molar refractivity (Wildman–Crippen MR) is 85.5 cm³/mol. The maximum atomic E-state index is 12.2. The summed E-state index contributed by atoms with van der Waals surface area (Å²) in [7, 11) is 1.42. The van der Waals surface area contributed by atoms with Gasteiger partial charge in [-0.1, -0.05) is 36.4 Å². The number of carbonyl (C=O) groups excluding carboxylic acids is 1. The number of esters is 1. The summed E-state index contributed by atoms with van der Waals surface area (Å²) in [6.45, 7) is 6.08. The zero-order valence-electron chi connectivity index (χ0n) is 12.9. The molecule has 1 atom stereocenters. The van der Waals surface area contributed by atoms with Gasteiger partial charge in [-0.3, -0.25) is 0 Å². The third-order valence-corrected chi connectivity index (χ3v) is 3.84. The smallest absolute Gasteiger partial charge is 0.332 e. The third-order valence-electron chi connectivity index (χ3n) is 3.84. The minimum absolute atomic E-state index is 0.285. The van der Waals surface area contributed by atoms with Crippen molar-refractivity contribution in [3.8, 4) is 0 Å². The van der Waals surface area contributed by atoms with Gasteiger partial charge in [0, 0.05) is 5.69 Å². The molecule has 2 rings (SSSR count). The van der Waals surface area contributed by atoms with Crippen molar-refractivity contribution in [1.29, 1.82) is 0 Å². The molecule has 0 aliphatic carbocycles. The van der Waals surface area contributed by atoms with E-state index in [1.807, 2.05) is 63.2 Å². The molecule has 3 nitrogen and oxygen atoms in total. The van der Waals surface area contributed by atoms with Crippen LogP contribution in [0.25, 0.3) is 0 Å². The summed E-state index contributed by atoms with van der Waals surface area (Å²) in [6, 6.07) is 13.4. The van der Waals surface area contributed by atoms with Crippen molar-refractivity contribution in [3.63, 3.8) is 0 Å². The van der Waals surface area contributed by atoms with Crippen LogP contribution in [-0.4, -0.2) is 13.1 Å². The number of methoxy groups -OCH3 is 1. The Morgan fingerprint density at radius 3 is 2.33 bits per heavy atom. The molecule has 2 aromatic rings. The van der Waals surface area contributed by atoms with E-state index < -0.39 is 6.04 Å². The molecule has 0 aliphatic rings. The Balaban J connectivity index is 2.42. The maximum absolute atomic E-state index is 12.2. The van der Waals surface area contributed by atoms with Crippen LogP contribution in [-0.2, 0) is 9.53 Å². The van der Waals surface area contributed by atoms with Gasteiger partial charge in [0.2, 0.25) is 0 Å². The molecule has 0 saturated heterocycles. The van der Waals surface area contributed by atoms with Crippen LogP contribution in [0.5, 0.6) is 0 Å². The fourth-order valence-electron chi connectivity index (χ4n) is 2.36. The summed E-state index contributed by atoms with van der Waals surface area (Å²) >= 11 is 0. The van der Waals surface area contributed by atoms with Gasteiger partial charge in [0.25, 0.3) is 0 Å².